The van der Waals surface area contributed by atoms with Crippen molar-refractivity contribution in [3.63, 3.8) is 0 Å². The molecule has 1 aromatic heterocycles. The first kappa shape index (κ1) is 9.99. The molecule has 2 heterocycles. The summed E-state index contributed by atoms with van der Waals surface area (Å²) in [7, 11) is 0. The molecule has 1 unspecified atom stereocenters. The maximum absolute atomic E-state index is 6.09. The lowest BCUT2D eigenvalue weighted by molar-refractivity contribution is 0.579. The van der Waals surface area contributed by atoms with Crippen LogP contribution >= 0.6 is 23.2 Å². The Morgan fingerprint density at radius 2 is 2.36 bits per heavy atom. The molecular formula is C9H11Cl2N3. The zero-order chi connectivity index (χ0) is 9.97. The standard InChI is InChI=1S/C9H11Cl2N3/c10-7-2-1-3-14(5-7)9-8(11)4-12-6-13-9/h4,6-7H,1-3,5H2. The Kier molecular flexibility index (Phi) is 3.08. The van der Waals surface area contributed by atoms with Crippen LogP contribution in [0.25, 0.3) is 0 Å². The number of halogens is 2. The van der Waals surface area contributed by atoms with Gasteiger partial charge in [0.1, 0.15) is 11.3 Å². The summed E-state index contributed by atoms with van der Waals surface area (Å²) in [6.07, 6.45) is 5.29. The Labute approximate surface area is 93.1 Å². The van der Waals surface area contributed by atoms with Gasteiger partial charge in [-0.2, -0.15) is 0 Å². The van der Waals surface area contributed by atoms with Crippen LogP contribution in [0.1, 0.15) is 12.8 Å². The van der Waals surface area contributed by atoms with E-state index in [4.69, 9.17) is 23.2 Å². The zero-order valence-corrected chi connectivity index (χ0v) is 9.17. The van der Waals surface area contributed by atoms with Gasteiger partial charge in [0.05, 0.1) is 11.6 Å². The van der Waals surface area contributed by atoms with Gasteiger partial charge in [0, 0.05) is 13.1 Å². The minimum atomic E-state index is 0.204. The third kappa shape index (κ3) is 2.10. The molecule has 1 aromatic rings. The third-order valence-corrected chi connectivity index (χ3v) is 2.93. The van der Waals surface area contributed by atoms with Crippen LogP contribution in [-0.2, 0) is 0 Å². The van der Waals surface area contributed by atoms with Crippen molar-refractivity contribution in [1.82, 2.24) is 9.97 Å². The average Bonchev–Trinajstić information content (AvgIpc) is 2.18. The molecule has 76 valence electrons. The van der Waals surface area contributed by atoms with Crippen LogP contribution in [0, 0.1) is 0 Å². The van der Waals surface area contributed by atoms with Crippen molar-refractivity contribution in [3.05, 3.63) is 17.5 Å². The van der Waals surface area contributed by atoms with Crippen LogP contribution in [0.15, 0.2) is 12.5 Å². The molecule has 0 saturated carbocycles. The highest BCUT2D eigenvalue weighted by atomic mass is 35.5. The van der Waals surface area contributed by atoms with E-state index in [2.05, 4.69) is 14.9 Å². The minimum Gasteiger partial charge on any atom is -0.354 e. The van der Waals surface area contributed by atoms with Crippen molar-refractivity contribution in [2.45, 2.75) is 18.2 Å². The summed E-state index contributed by atoms with van der Waals surface area (Å²) in [5, 5.41) is 0.799. The predicted molar refractivity (Wildman–Crippen MR) is 58.1 cm³/mol. The maximum atomic E-state index is 6.09. The Hall–Kier alpha value is -0.540. The van der Waals surface area contributed by atoms with E-state index in [1.165, 1.54) is 6.33 Å². The number of aromatic nitrogens is 2. The van der Waals surface area contributed by atoms with E-state index in [0.29, 0.717) is 5.02 Å². The van der Waals surface area contributed by atoms with Gasteiger partial charge in [-0.25, -0.2) is 9.97 Å². The molecule has 14 heavy (non-hydrogen) atoms. The Bertz CT molecular complexity index is 319. The summed E-state index contributed by atoms with van der Waals surface area (Å²) in [5.41, 5.74) is 0. The number of hydrogen-bond donors (Lipinski definition) is 0. The number of anilines is 1. The van der Waals surface area contributed by atoms with Gasteiger partial charge in [-0.3, -0.25) is 0 Å². The molecule has 5 heteroatoms. The summed E-state index contributed by atoms with van der Waals surface area (Å²) in [5.74, 6) is 0.798. The molecule has 0 aromatic carbocycles. The summed E-state index contributed by atoms with van der Waals surface area (Å²) in [6.45, 7) is 1.79. The van der Waals surface area contributed by atoms with Crippen molar-refractivity contribution >= 4 is 29.0 Å². The van der Waals surface area contributed by atoms with Gasteiger partial charge in [-0.15, -0.1) is 11.6 Å². The number of nitrogens with zero attached hydrogens (tertiary/aromatic N) is 3. The Morgan fingerprint density at radius 3 is 3.07 bits per heavy atom. The second-order valence-electron chi connectivity index (χ2n) is 3.38. The number of piperidine rings is 1. The van der Waals surface area contributed by atoms with E-state index in [9.17, 15) is 0 Å². The highest BCUT2D eigenvalue weighted by Crippen LogP contribution is 2.25. The van der Waals surface area contributed by atoms with Crippen LogP contribution in [0.2, 0.25) is 5.02 Å². The summed E-state index contributed by atoms with van der Waals surface area (Å²) >= 11 is 12.1. The molecule has 2 rings (SSSR count). The second kappa shape index (κ2) is 4.32. The molecule has 0 N–H and O–H groups in total. The van der Waals surface area contributed by atoms with Crippen molar-refractivity contribution in [2.75, 3.05) is 18.0 Å². The lowest BCUT2D eigenvalue weighted by Crippen LogP contribution is -2.36. The van der Waals surface area contributed by atoms with Crippen LogP contribution in [-0.4, -0.2) is 28.4 Å². The maximum Gasteiger partial charge on any atom is 0.150 e. The first-order valence-corrected chi connectivity index (χ1v) is 5.43. The smallest absolute Gasteiger partial charge is 0.150 e. The van der Waals surface area contributed by atoms with Crippen LogP contribution in [0.5, 0.6) is 0 Å². The van der Waals surface area contributed by atoms with Gasteiger partial charge >= 0.3 is 0 Å². The van der Waals surface area contributed by atoms with Gasteiger partial charge in [0.25, 0.3) is 0 Å². The van der Waals surface area contributed by atoms with Gasteiger partial charge in [-0.1, -0.05) is 11.6 Å². The lowest BCUT2D eigenvalue weighted by atomic mass is 10.1. The van der Waals surface area contributed by atoms with E-state index in [0.717, 1.165) is 31.7 Å². The average molecular weight is 232 g/mol. The van der Waals surface area contributed by atoms with Crippen molar-refractivity contribution in [1.29, 1.82) is 0 Å². The SMILES string of the molecule is Clc1cncnc1N1CCCC(Cl)C1. The normalized spacial score (nSPS) is 22.4. The molecule has 0 radical (unpaired) electrons. The highest BCUT2D eigenvalue weighted by Gasteiger charge is 2.20. The molecule has 0 amide bonds. The van der Waals surface area contributed by atoms with Gasteiger partial charge in [0.15, 0.2) is 5.82 Å². The van der Waals surface area contributed by atoms with E-state index >= 15 is 0 Å². The molecule has 1 saturated heterocycles. The molecule has 0 aliphatic carbocycles. The van der Waals surface area contributed by atoms with E-state index in [1.807, 2.05) is 0 Å². The predicted octanol–water partition coefficient (Wildman–Crippen LogP) is 2.34. The second-order valence-corrected chi connectivity index (χ2v) is 4.40. The topological polar surface area (TPSA) is 29.0 Å². The van der Waals surface area contributed by atoms with Crippen LogP contribution in [0.4, 0.5) is 5.82 Å². The summed E-state index contributed by atoms with van der Waals surface area (Å²) in [6, 6.07) is 0. The van der Waals surface area contributed by atoms with E-state index < -0.39 is 0 Å². The largest absolute Gasteiger partial charge is 0.354 e. The highest BCUT2D eigenvalue weighted by molar-refractivity contribution is 6.32. The van der Waals surface area contributed by atoms with E-state index in [1.54, 1.807) is 6.20 Å². The van der Waals surface area contributed by atoms with Crippen molar-refractivity contribution in [2.24, 2.45) is 0 Å². The molecule has 0 bridgehead atoms. The third-order valence-electron chi connectivity index (χ3n) is 2.31. The van der Waals surface area contributed by atoms with Gasteiger partial charge < -0.3 is 4.90 Å². The zero-order valence-electron chi connectivity index (χ0n) is 7.66. The quantitative estimate of drug-likeness (QED) is 0.696. The summed E-state index contributed by atoms with van der Waals surface area (Å²) in [4.78, 5) is 10.1. The monoisotopic (exact) mass is 231 g/mol. The fraction of sp³-hybridized carbons (Fsp3) is 0.556. The van der Waals surface area contributed by atoms with Crippen LogP contribution in [0.3, 0.4) is 0 Å². The van der Waals surface area contributed by atoms with Gasteiger partial charge in [0.2, 0.25) is 0 Å². The molecule has 1 atom stereocenters. The molecule has 0 spiro atoms. The molecule has 1 aliphatic heterocycles. The fourth-order valence-corrected chi connectivity index (χ4v) is 2.20. The van der Waals surface area contributed by atoms with Crippen LogP contribution < -0.4 is 4.90 Å². The lowest BCUT2D eigenvalue weighted by Gasteiger charge is -2.30. The number of hydrogen-bond acceptors (Lipinski definition) is 3. The van der Waals surface area contributed by atoms with Crippen molar-refractivity contribution < 1.29 is 0 Å². The fourth-order valence-electron chi connectivity index (χ4n) is 1.66. The number of rotatable bonds is 1. The number of alkyl halides is 1. The first-order valence-electron chi connectivity index (χ1n) is 4.62. The van der Waals surface area contributed by atoms with E-state index in [-0.39, 0.29) is 5.38 Å². The summed E-state index contributed by atoms with van der Waals surface area (Å²) < 4.78 is 0. The van der Waals surface area contributed by atoms with Crippen molar-refractivity contribution in [3.8, 4) is 0 Å². The molecule has 1 aliphatic rings. The molecule has 1 fully saturated rings. The molecule has 3 nitrogen and oxygen atoms in total. The first-order chi connectivity index (χ1) is 6.77. The Morgan fingerprint density at radius 1 is 1.50 bits per heavy atom. The molecular weight excluding hydrogens is 221 g/mol. The van der Waals surface area contributed by atoms with Gasteiger partial charge in [-0.05, 0) is 12.8 Å². The minimum absolute atomic E-state index is 0.204. The Balaban J connectivity index is 2.18.